The molecule has 4 heteroatoms. The van der Waals surface area contributed by atoms with Crippen molar-refractivity contribution in [3.05, 3.63) is 41.2 Å². The van der Waals surface area contributed by atoms with Gasteiger partial charge in [-0.1, -0.05) is 18.2 Å². The molecule has 0 spiro atoms. The summed E-state index contributed by atoms with van der Waals surface area (Å²) in [6.07, 6.45) is 2.41. The van der Waals surface area contributed by atoms with E-state index in [1.165, 1.54) is 0 Å². The Morgan fingerprint density at radius 3 is 3.00 bits per heavy atom. The van der Waals surface area contributed by atoms with Crippen LogP contribution in [0.3, 0.4) is 0 Å². The molecule has 1 aromatic carbocycles. The van der Waals surface area contributed by atoms with Crippen molar-refractivity contribution in [1.29, 1.82) is 0 Å². The van der Waals surface area contributed by atoms with E-state index < -0.39 is 5.97 Å². The molecular formula is C14H14N2O2. The van der Waals surface area contributed by atoms with Gasteiger partial charge in [0.1, 0.15) is 0 Å². The van der Waals surface area contributed by atoms with E-state index in [2.05, 4.69) is 10.3 Å². The largest absolute Gasteiger partial charge is 0.478 e. The van der Waals surface area contributed by atoms with Gasteiger partial charge in [0.05, 0.1) is 11.3 Å². The van der Waals surface area contributed by atoms with Crippen LogP contribution in [0.5, 0.6) is 0 Å². The molecule has 0 amide bonds. The average Bonchev–Trinajstić information content (AvgIpc) is 2.57. The zero-order chi connectivity index (χ0) is 12.7. The highest BCUT2D eigenvalue weighted by atomic mass is 16.4. The zero-order valence-corrected chi connectivity index (χ0v) is 10.1. The number of nitrogens with one attached hydrogen (secondary N) is 2. The number of carboxylic acids is 1. The summed E-state index contributed by atoms with van der Waals surface area (Å²) in [6.45, 7) is 2.78. The van der Waals surface area contributed by atoms with E-state index >= 15 is 0 Å². The Labute approximate surface area is 104 Å². The third kappa shape index (κ3) is 1.49. The third-order valence-corrected chi connectivity index (χ3v) is 3.42. The second-order valence-corrected chi connectivity index (χ2v) is 4.54. The minimum atomic E-state index is -0.908. The zero-order valence-electron chi connectivity index (χ0n) is 10.1. The van der Waals surface area contributed by atoms with Crippen LogP contribution in [0.25, 0.3) is 16.5 Å². The molecule has 18 heavy (non-hydrogen) atoms. The molecule has 1 aliphatic heterocycles. The van der Waals surface area contributed by atoms with E-state index in [-0.39, 0.29) is 0 Å². The summed E-state index contributed by atoms with van der Waals surface area (Å²) in [7, 11) is 0. The quantitative estimate of drug-likeness (QED) is 0.717. The summed E-state index contributed by atoms with van der Waals surface area (Å²) in [6, 6.07) is 6.08. The van der Waals surface area contributed by atoms with Crippen LogP contribution in [0.15, 0.2) is 24.4 Å². The number of fused-ring (bicyclic) bond motifs is 3. The van der Waals surface area contributed by atoms with Crippen LogP contribution in [0.1, 0.15) is 16.8 Å². The van der Waals surface area contributed by atoms with Crippen LogP contribution < -0.4 is 5.32 Å². The number of benzene rings is 1. The van der Waals surface area contributed by atoms with Gasteiger partial charge in [-0.05, 0) is 24.5 Å². The first-order valence-electron chi connectivity index (χ1n) is 5.96. The summed E-state index contributed by atoms with van der Waals surface area (Å²) in [5.41, 5.74) is 4.30. The number of aliphatic carboxylic acids is 1. The van der Waals surface area contributed by atoms with Crippen molar-refractivity contribution in [3.63, 3.8) is 0 Å². The van der Waals surface area contributed by atoms with Gasteiger partial charge >= 0.3 is 5.97 Å². The molecule has 0 unspecified atom stereocenters. The van der Waals surface area contributed by atoms with Crippen LogP contribution in [-0.4, -0.2) is 22.6 Å². The van der Waals surface area contributed by atoms with Gasteiger partial charge in [0, 0.05) is 23.6 Å². The van der Waals surface area contributed by atoms with Crippen molar-refractivity contribution in [3.8, 4) is 0 Å². The first-order chi connectivity index (χ1) is 8.68. The Bertz CT molecular complexity index is 668. The normalized spacial score (nSPS) is 14.6. The second kappa shape index (κ2) is 3.91. The number of carbonyl (C=O) groups is 1. The molecule has 2 aromatic rings. The molecular weight excluding hydrogens is 228 g/mol. The highest BCUT2D eigenvalue weighted by molar-refractivity contribution is 6.16. The maximum absolute atomic E-state index is 11.3. The number of carboxylic acid groups (broad SMARTS) is 1. The highest BCUT2D eigenvalue weighted by Crippen LogP contribution is 2.30. The Morgan fingerprint density at radius 1 is 1.39 bits per heavy atom. The summed E-state index contributed by atoms with van der Waals surface area (Å²) >= 11 is 0. The predicted molar refractivity (Wildman–Crippen MR) is 70.4 cm³/mol. The van der Waals surface area contributed by atoms with Crippen LogP contribution in [0.2, 0.25) is 0 Å². The molecule has 1 aliphatic rings. The molecule has 1 aromatic heterocycles. The number of aromatic nitrogens is 1. The topological polar surface area (TPSA) is 65.1 Å². The molecule has 3 N–H and O–H groups in total. The highest BCUT2D eigenvalue weighted by Gasteiger charge is 2.21. The lowest BCUT2D eigenvalue weighted by Gasteiger charge is -1.99. The number of rotatable bonds is 1. The van der Waals surface area contributed by atoms with Crippen molar-refractivity contribution >= 4 is 22.4 Å². The van der Waals surface area contributed by atoms with Crippen molar-refractivity contribution in [2.24, 2.45) is 0 Å². The van der Waals surface area contributed by atoms with Crippen LogP contribution in [-0.2, 0) is 11.2 Å². The predicted octanol–water partition coefficient (Wildman–Crippen LogP) is 2.05. The Morgan fingerprint density at radius 2 is 2.22 bits per heavy atom. The SMILES string of the molecule is Cc1cccc2c3c([nH]c12)C(C(=O)O)=CNCC3. The summed E-state index contributed by atoms with van der Waals surface area (Å²) < 4.78 is 0. The molecule has 0 bridgehead atoms. The Balaban J connectivity index is 2.34. The van der Waals surface area contributed by atoms with E-state index in [0.29, 0.717) is 5.57 Å². The monoisotopic (exact) mass is 242 g/mol. The van der Waals surface area contributed by atoms with E-state index in [1.54, 1.807) is 6.20 Å². The molecule has 92 valence electrons. The number of H-pyrrole nitrogens is 1. The third-order valence-electron chi connectivity index (χ3n) is 3.42. The molecule has 0 saturated carbocycles. The fourth-order valence-electron chi connectivity index (χ4n) is 2.52. The van der Waals surface area contributed by atoms with Crippen LogP contribution in [0, 0.1) is 6.92 Å². The van der Waals surface area contributed by atoms with Crippen LogP contribution in [0.4, 0.5) is 0 Å². The van der Waals surface area contributed by atoms with E-state index in [4.69, 9.17) is 0 Å². The van der Waals surface area contributed by atoms with Gasteiger partial charge in [0.25, 0.3) is 0 Å². The first-order valence-corrected chi connectivity index (χ1v) is 5.96. The lowest BCUT2D eigenvalue weighted by molar-refractivity contribution is -0.130. The maximum atomic E-state index is 11.3. The smallest absolute Gasteiger partial charge is 0.339 e. The number of aryl methyl sites for hydroxylation is 1. The van der Waals surface area contributed by atoms with Crippen molar-refractivity contribution in [2.75, 3.05) is 6.54 Å². The standard InChI is InChI=1S/C14H14N2O2/c1-8-3-2-4-9-10-5-6-15-7-11(14(17)18)13(10)16-12(8)9/h2-4,7,15-16H,5-6H2,1H3,(H,17,18). The maximum Gasteiger partial charge on any atom is 0.339 e. The van der Waals surface area contributed by atoms with Gasteiger partial charge in [-0.15, -0.1) is 0 Å². The fraction of sp³-hybridized carbons (Fsp3) is 0.214. The number of hydrogen-bond donors (Lipinski definition) is 3. The first kappa shape index (κ1) is 10.9. The van der Waals surface area contributed by atoms with E-state index in [0.717, 1.165) is 40.7 Å². The van der Waals surface area contributed by atoms with Gasteiger partial charge in [-0.25, -0.2) is 4.79 Å². The molecule has 2 heterocycles. The molecule has 4 nitrogen and oxygen atoms in total. The van der Waals surface area contributed by atoms with E-state index in [9.17, 15) is 9.90 Å². The molecule has 3 rings (SSSR count). The molecule has 0 radical (unpaired) electrons. The Kier molecular flexibility index (Phi) is 2.37. The molecule has 0 aliphatic carbocycles. The van der Waals surface area contributed by atoms with E-state index in [1.807, 2.05) is 25.1 Å². The molecule has 0 fully saturated rings. The lowest BCUT2D eigenvalue weighted by Crippen LogP contribution is -2.08. The second-order valence-electron chi connectivity index (χ2n) is 4.54. The fourth-order valence-corrected chi connectivity index (χ4v) is 2.52. The lowest BCUT2D eigenvalue weighted by atomic mass is 10.0. The van der Waals surface area contributed by atoms with Crippen molar-refractivity contribution in [2.45, 2.75) is 13.3 Å². The van der Waals surface area contributed by atoms with Gasteiger partial charge < -0.3 is 15.4 Å². The summed E-state index contributed by atoms with van der Waals surface area (Å²) in [5.74, 6) is -0.908. The van der Waals surface area contributed by atoms with Crippen molar-refractivity contribution in [1.82, 2.24) is 10.3 Å². The van der Waals surface area contributed by atoms with Gasteiger partial charge in [-0.3, -0.25) is 0 Å². The summed E-state index contributed by atoms with van der Waals surface area (Å²) in [4.78, 5) is 14.6. The minimum Gasteiger partial charge on any atom is -0.478 e. The number of para-hydroxylation sites is 1. The van der Waals surface area contributed by atoms with Gasteiger partial charge in [0.2, 0.25) is 0 Å². The van der Waals surface area contributed by atoms with Crippen molar-refractivity contribution < 1.29 is 9.90 Å². The van der Waals surface area contributed by atoms with Gasteiger partial charge in [0.15, 0.2) is 0 Å². The molecule has 0 saturated heterocycles. The number of hydrogen-bond acceptors (Lipinski definition) is 2. The average molecular weight is 242 g/mol. The Hall–Kier alpha value is -2.23. The van der Waals surface area contributed by atoms with Gasteiger partial charge in [-0.2, -0.15) is 0 Å². The minimum absolute atomic E-state index is 0.304. The molecule has 0 atom stereocenters. The summed E-state index contributed by atoms with van der Waals surface area (Å²) in [5, 5.41) is 13.4. The number of aromatic amines is 1. The van der Waals surface area contributed by atoms with Crippen LogP contribution >= 0.6 is 0 Å².